The van der Waals surface area contributed by atoms with Crippen molar-refractivity contribution in [2.75, 3.05) is 30.3 Å². The number of anilines is 2. The number of nitrogens with zero attached hydrogens (tertiary/aromatic N) is 1. The Morgan fingerprint density at radius 2 is 1.70 bits per heavy atom. The first-order valence-corrected chi connectivity index (χ1v) is 10.5. The fourth-order valence-electron chi connectivity index (χ4n) is 3.18. The molecule has 0 aliphatic carbocycles. The van der Waals surface area contributed by atoms with Gasteiger partial charge in [-0.3, -0.25) is 4.79 Å². The van der Waals surface area contributed by atoms with Crippen molar-refractivity contribution in [3.63, 3.8) is 0 Å². The molecule has 0 spiro atoms. The molecule has 2 aromatic carbocycles. The summed E-state index contributed by atoms with van der Waals surface area (Å²) in [6.07, 6.45) is 1.81. The van der Waals surface area contributed by atoms with E-state index >= 15 is 0 Å². The predicted octanol–water partition coefficient (Wildman–Crippen LogP) is 3.14. The van der Waals surface area contributed by atoms with Crippen molar-refractivity contribution in [1.29, 1.82) is 0 Å². The molecule has 0 aromatic heterocycles. The van der Waals surface area contributed by atoms with E-state index in [1.165, 1.54) is 9.87 Å². The molecule has 6 nitrogen and oxygen atoms in total. The van der Waals surface area contributed by atoms with Crippen LogP contribution in [-0.2, 0) is 14.8 Å². The summed E-state index contributed by atoms with van der Waals surface area (Å²) in [6.45, 7) is 5.30. The lowest BCUT2D eigenvalue weighted by molar-refractivity contribution is -0.114. The highest BCUT2D eigenvalue weighted by Gasteiger charge is 2.26. The van der Waals surface area contributed by atoms with Crippen LogP contribution < -0.4 is 10.6 Å². The van der Waals surface area contributed by atoms with E-state index in [2.05, 4.69) is 16.7 Å². The maximum atomic E-state index is 12.5. The van der Waals surface area contributed by atoms with Crippen molar-refractivity contribution in [2.24, 2.45) is 0 Å². The third-order valence-electron chi connectivity index (χ3n) is 4.66. The second-order valence-electron chi connectivity index (χ2n) is 6.86. The average molecular weight is 388 g/mol. The van der Waals surface area contributed by atoms with Crippen molar-refractivity contribution in [3.05, 3.63) is 53.6 Å². The molecule has 1 aliphatic heterocycles. The van der Waals surface area contributed by atoms with Crippen LogP contribution in [0.3, 0.4) is 0 Å². The van der Waals surface area contributed by atoms with Crippen LogP contribution in [0.5, 0.6) is 0 Å². The molecule has 0 atom stereocenters. The van der Waals surface area contributed by atoms with Crippen molar-refractivity contribution in [3.8, 4) is 0 Å². The molecular weight excluding hydrogens is 362 g/mol. The van der Waals surface area contributed by atoms with Gasteiger partial charge in [0, 0.05) is 24.5 Å². The standard InChI is InChI=1S/C20H25N3O3S/c1-15-5-10-19(16(2)13-15)21-14-20(24)22-17-6-8-18(9-7-17)27(25,26)23-11-3-4-12-23/h5-10,13,21H,3-4,11-12,14H2,1-2H3,(H,22,24). The van der Waals surface area contributed by atoms with Gasteiger partial charge in [0.2, 0.25) is 15.9 Å². The first kappa shape index (κ1) is 19.4. The number of nitrogens with one attached hydrogen (secondary N) is 2. The second-order valence-corrected chi connectivity index (χ2v) is 8.79. The highest BCUT2D eigenvalue weighted by molar-refractivity contribution is 7.89. The molecule has 0 unspecified atom stereocenters. The van der Waals surface area contributed by atoms with E-state index in [4.69, 9.17) is 0 Å². The Bertz CT molecular complexity index is 918. The lowest BCUT2D eigenvalue weighted by Gasteiger charge is -2.16. The third kappa shape index (κ3) is 4.67. The van der Waals surface area contributed by atoms with E-state index in [1.54, 1.807) is 24.3 Å². The smallest absolute Gasteiger partial charge is 0.243 e. The van der Waals surface area contributed by atoms with E-state index in [0.29, 0.717) is 18.8 Å². The molecular formula is C20H25N3O3S. The molecule has 1 fully saturated rings. The van der Waals surface area contributed by atoms with Gasteiger partial charge in [-0.05, 0) is 62.6 Å². The zero-order valence-electron chi connectivity index (χ0n) is 15.7. The van der Waals surface area contributed by atoms with Gasteiger partial charge in [-0.25, -0.2) is 8.42 Å². The molecule has 1 amide bonds. The molecule has 1 saturated heterocycles. The van der Waals surface area contributed by atoms with Crippen LogP contribution in [0.1, 0.15) is 24.0 Å². The van der Waals surface area contributed by atoms with Gasteiger partial charge in [-0.1, -0.05) is 17.7 Å². The quantitative estimate of drug-likeness (QED) is 0.798. The van der Waals surface area contributed by atoms with Gasteiger partial charge >= 0.3 is 0 Å². The number of sulfonamides is 1. The molecule has 2 N–H and O–H groups in total. The number of carbonyl (C=O) groups excluding carboxylic acids is 1. The molecule has 0 bridgehead atoms. The molecule has 144 valence electrons. The molecule has 2 aromatic rings. The molecule has 1 aliphatic rings. The fourth-order valence-corrected chi connectivity index (χ4v) is 4.70. The first-order chi connectivity index (χ1) is 12.9. The summed E-state index contributed by atoms with van der Waals surface area (Å²) in [7, 11) is -3.43. The number of benzene rings is 2. The maximum absolute atomic E-state index is 12.5. The summed E-state index contributed by atoms with van der Waals surface area (Å²) in [4.78, 5) is 12.4. The Hall–Kier alpha value is -2.38. The molecule has 3 rings (SSSR count). The Balaban J connectivity index is 1.58. The number of amides is 1. The fraction of sp³-hybridized carbons (Fsp3) is 0.350. The Morgan fingerprint density at radius 3 is 2.33 bits per heavy atom. The molecule has 0 radical (unpaired) electrons. The van der Waals surface area contributed by atoms with Crippen molar-refractivity contribution >= 4 is 27.3 Å². The lowest BCUT2D eigenvalue weighted by Crippen LogP contribution is -2.27. The lowest BCUT2D eigenvalue weighted by atomic mass is 10.1. The third-order valence-corrected chi connectivity index (χ3v) is 6.58. The Labute approximate surface area is 160 Å². The number of carbonyl (C=O) groups is 1. The van der Waals surface area contributed by atoms with Gasteiger partial charge in [-0.15, -0.1) is 0 Å². The summed E-state index contributed by atoms with van der Waals surface area (Å²) in [5.41, 5.74) is 3.75. The molecule has 1 heterocycles. The van der Waals surface area contributed by atoms with E-state index in [0.717, 1.165) is 24.1 Å². The van der Waals surface area contributed by atoms with Crippen molar-refractivity contribution in [1.82, 2.24) is 4.31 Å². The van der Waals surface area contributed by atoms with Crippen LogP contribution in [0.4, 0.5) is 11.4 Å². The second kappa shape index (κ2) is 8.10. The minimum absolute atomic E-state index is 0.137. The van der Waals surface area contributed by atoms with Crippen LogP contribution >= 0.6 is 0 Å². The summed E-state index contributed by atoms with van der Waals surface area (Å²) >= 11 is 0. The van der Waals surface area contributed by atoms with Gasteiger partial charge in [0.05, 0.1) is 11.4 Å². The van der Waals surface area contributed by atoms with Gasteiger partial charge in [0.25, 0.3) is 0 Å². The van der Waals surface area contributed by atoms with Crippen LogP contribution in [0.2, 0.25) is 0 Å². The maximum Gasteiger partial charge on any atom is 0.243 e. The van der Waals surface area contributed by atoms with Crippen LogP contribution in [0, 0.1) is 13.8 Å². The Morgan fingerprint density at radius 1 is 1.04 bits per heavy atom. The number of aryl methyl sites for hydroxylation is 2. The number of rotatable bonds is 6. The zero-order chi connectivity index (χ0) is 19.4. The minimum atomic E-state index is -3.43. The Kier molecular flexibility index (Phi) is 5.82. The molecule has 0 saturated carbocycles. The van der Waals surface area contributed by atoms with Crippen LogP contribution in [-0.4, -0.2) is 38.3 Å². The topological polar surface area (TPSA) is 78.5 Å². The van der Waals surface area contributed by atoms with Crippen molar-refractivity contribution < 1.29 is 13.2 Å². The van der Waals surface area contributed by atoms with Crippen LogP contribution in [0.25, 0.3) is 0 Å². The largest absolute Gasteiger partial charge is 0.376 e. The van der Waals surface area contributed by atoms with Gasteiger partial charge < -0.3 is 10.6 Å². The van der Waals surface area contributed by atoms with Crippen LogP contribution in [0.15, 0.2) is 47.4 Å². The van der Waals surface area contributed by atoms with Crippen molar-refractivity contribution in [2.45, 2.75) is 31.6 Å². The zero-order valence-corrected chi connectivity index (χ0v) is 16.5. The van der Waals surface area contributed by atoms with E-state index in [1.807, 2.05) is 26.0 Å². The normalized spacial score (nSPS) is 14.9. The highest BCUT2D eigenvalue weighted by Crippen LogP contribution is 2.22. The van der Waals surface area contributed by atoms with Gasteiger partial charge in [-0.2, -0.15) is 4.31 Å². The number of hydrogen-bond donors (Lipinski definition) is 2. The van der Waals surface area contributed by atoms with Gasteiger partial charge in [0.1, 0.15) is 0 Å². The molecule has 27 heavy (non-hydrogen) atoms. The van der Waals surface area contributed by atoms with E-state index in [-0.39, 0.29) is 17.3 Å². The average Bonchev–Trinajstić information content (AvgIpc) is 3.17. The monoisotopic (exact) mass is 387 g/mol. The van der Waals surface area contributed by atoms with Gasteiger partial charge in [0.15, 0.2) is 0 Å². The first-order valence-electron chi connectivity index (χ1n) is 9.07. The summed E-state index contributed by atoms with van der Waals surface area (Å²) in [5, 5.41) is 5.90. The molecule has 7 heteroatoms. The number of hydrogen-bond acceptors (Lipinski definition) is 4. The summed E-state index contributed by atoms with van der Waals surface area (Å²) in [5.74, 6) is -0.190. The van der Waals surface area contributed by atoms with E-state index in [9.17, 15) is 13.2 Å². The SMILES string of the molecule is Cc1ccc(NCC(=O)Nc2ccc(S(=O)(=O)N3CCCC3)cc2)c(C)c1. The summed E-state index contributed by atoms with van der Waals surface area (Å²) < 4.78 is 26.5. The predicted molar refractivity (Wildman–Crippen MR) is 107 cm³/mol. The highest BCUT2D eigenvalue weighted by atomic mass is 32.2. The minimum Gasteiger partial charge on any atom is -0.376 e. The summed E-state index contributed by atoms with van der Waals surface area (Å²) in [6, 6.07) is 12.3. The van der Waals surface area contributed by atoms with E-state index < -0.39 is 10.0 Å².